The predicted molar refractivity (Wildman–Crippen MR) is 86.0 cm³/mol. The van der Waals surface area contributed by atoms with Crippen molar-refractivity contribution in [1.29, 1.82) is 0 Å². The topological polar surface area (TPSA) is 0 Å². The van der Waals surface area contributed by atoms with Crippen LogP contribution in [-0.4, -0.2) is 8.07 Å². The fourth-order valence-corrected chi connectivity index (χ4v) is 3.10. The first kappa shape index (κ1) is 15.2. The van der Waals surface area contributed by atoms with Gasteiger partial charge in [0.05, 0.1) is 8.07 Å². The maximum atomic E-state index is 2.51. The van der Waals surface area contributed by atoms with Crippen molar-refractivity contribution in [3.63, 3.8) is 0 Å². The Kier molecular flexibility index (Phi) is 4.60. The lowest BCUT2D eigenvalue weighted by Gasteiger charge is -2.34. The minimum Gasteiger partial charge on any atom is -0.0978 e. The predicted octanol–water partition coefficient (Wildman–Crippen LogP) is 5.45. The van der Waals surface area contributed by atoms with E-state index < -0.39 is 8.07 Å². The van der Waals surface area contributed by atoms with Gasteiger partial charge >= 0.3 is 0 Å². The molecule has 0 aliphatic rings. The fourth-order valence-electron chi connectivity index (χ4n) is 1.89. The molecule has 1 rings (SSSR count). The van der Waals surface area contributed by atoms with Gasteiger partial charge in [-0.2, -0.15) is 0 Å². The molecule has 0 fully saturated rings. The summed E-state index contributed by atoms with van der Waals surface area (Å²) in [5.41, 5.74) is 6.83. The quantitative estimate of drug-likeness (QED) is 0.634. The van der Waals surface area contributed by atoms with Crippen LogP contribution in [0.1, 0.15) is 37.5 Å². The second-order valence-corrected chi connectivity index (χ2v) is 12.2. The van der Waals surface area contributed by atoms with Gasteiger partial charge in [-0.3, -0.25) is 0 Å². The summed E-state index contributed by atoms with van der Waals surface area (Å²) in [4.78, 5) is 0. The second kappa shape index (κ2) is 5.44. The maximum absolute atomic E-state index is 2.51. The number of rotatable bonds is 3. The van der Waals surface area contributed by atoms with Crippen LogP contribution < -0.4 is 0 Å². The summed E-state index contributed by atoms with van der Waals surface area (Å²) in [7, 11) is -1.27. The van der Waals surface area contributed by atoms with Crippen LogP contribution in [0.2, 0.25) is 18.1 Å². The van der Waals surface area contributed by atoms with Crippen LogP contribution in [0, 0.1) is 13.8 Å². The van der Waals surface area contributed by atoms with Crippen molar-refractivity contribution in [1.82, 2.24) is 0 Å². The van der Waals surface area contributed by atoms with E-state index in [0.717, 1.165) is 6.42 Å². The molecule has 0 aliphatic heterocycles. The largest absolute Gasteiger partial charge is 0.0978 e. The van der Waals surface area contributed by atoms with Crippen LogP contribution in [0.15, 0.2) is 30.0 Å². The minimum absolute atomic E-state index is 0.435. The SMILES string of the molecule is Cc1cccc(C)c1C/C=C/[Si](C)(C)C(C)(C)C. The Labute approximate surface area is 114 Å². The van der Waals surface area contributed by atoms with Crippen molar-refractivity contribution in [2.45, 2.75) is 59.2 Å². The molecular weight excluding hydrogens is 232 g/mol. The maximum Gasteiger partial charge on any atom is 0.0766 e. The number of allylic oxidation sites excluding steroid dienone is 1. The van der Waals surface area contributed by atoms with Gasteiger partial charge < -0.3 is 0 Å². The molecule has 0 aromatic heterocycles. The van der Waals surface area contributed by atoms with Gasteiger partial charge in [0.2, 0.25) is 0 Å². The van der Waals surface area contributed by atoms with Crippen LogP contribution in [0.3, 0.4) is 0 Å². The summed E-state index contributed by atoms with van der Waals surface area (Å²) in [5, 5.41) is 0.435. The highest BCUT2D eigenvalue weighted by Crippen LogP contribution is 2.36. The van der Waals surface area contributed by atoms with Gasteiger partial charge in [0.1, 0.15) is 0 Å². The van der Waals surface area contributed by atoms with E-state index in [4.69, 9.17) is 0 Å². The highest BCUT2D eigenvalue weighted by molar-refractivity contribution is 6.84. The van der Waals surface area contributed by atoms with Crippen molar-refractivity contribution >= 4 is 8.07 Å². The molecule has 0 saturated carbocycles. The van der Waals surface area contributed by atoms with Crippen molar-refractivity contribution in [3.8, 4) is 0 Å². The molecule has 0 bridgehead atoms. The lowest BCUT2D eigenvalue weighted by Crippen LogP contribution is -2.34. The van der Waals surface area contributed by atoms with Crippen molar-refractivity contribution in [2.24, 2.45) is 0 Å². The minimum atomic E-state index is -1.27. The van der Waals surface area contributed by atoms with Crippen molar-refractivity contribution < 1.29 is 0 Å². The molecule has 0 radical (unpaired) electrons. The Bertz CT molecular complexity index is 413. The standard InChI is InChI=1S/C17H28Si/c1-14-10-8-11-15(2)16(14)12-9-13-18(6,7)17(3,4)5/h8-11,13H,12H2,1-7H3/b13-9+. The molecule has 0 heterocycles. The van der Waals surface area contributed by atoms with Crippen LogP contribution >= 0.6 is 0 Å². The molecule has 0 unspecified atom stereocenters. The van der Waals surface area contributed by atoms with Gasteiger partial charge in [-0.15, -0.1) is 0 Å². The van der Waals surface area contributed by atoms with E-state index >= 15 is 0 Å². The molecule has 0 nitrogen and oxygen atoms in total. The lowest BCUT2D eigenvalue weighted by molar-refractivity contribution is 0.728. The van der Waals surface area contributed by atoms with Crippen LogP contribution in [-0.2, 0) is 6.42 Å². The third kappa shape index (κ3) is 3.58. The first-order valence-corrected chi connectivity index (χ1v) is 9.96. The Morgan fingerprint density at radius 2 is 1.56 bits per heavy atom. The summed E-state index contributed by atoms with van der Waals surface area (Å²) >= 11 is 0. The first-order valence-electron chi connectivity index (χ1n) is 6.88. The van der Waals surface area contributed by atoms with Crippen LogP contribution in [0.4, 0.5) is 0 Å². The molecule has 0 spiro atoms. The molecule has 100 valence electrons. The van der Waals surface area contributed by atoms with Gasteiger partial charge in [-0.1, -0.05) is 63.8 Å². The number of benzene rings is 1. The highest BCUT2D eigenvalue weighted by atomic mass is 28.3. The van der Waals surface area contributed by atoms with E-state index in [1.54, 1.807) is 0 Å². The molecule has 1 aromatic rings. The zero-order valence-corrected chi connectivity index (χ0v) is 14.1. The Hall–Kier alpha value is -0.823. The first-order chi connectivity index (χ1) is 8.15. The Morgan fingerprint density at radius 1 is 1.06 bits per heavy atom. The molecule has 1 heteroatoms. The smallest absolute Gasteiger partial charge is 0.0766 e. The molecular formula is C17H28Si. The van der Waals surface area contributed by atoms with E-state index in [1.165, 1.54) is 16.7 Å². The number of aryl methyl sites for hydroxylation is 2. The second-order valence-electron chi connectivity index (χ2n) is 6.95. The summed E-state index contributed by atoms with van der Waals surface area (Å²) in [6.45, 7) is 16.4. The summed E-state index contributed by atoms with van der Waals surface area (Å²) in [5.74, 6) is 0. The summed E-state index contributed by atoms with van der Waals surface area (Å²) in [6.07, 6.45) is 3.47. The third-order valence-electron chi connectivity index (χ3n) is 4.43. The van der Waals surface area contributed by atoms with Gasteiger partial charge in [0.25, 0.3) is 0 Å². The van der Waals surface area contributed by atoms with Gasteiger partial charge in [0.15, 0.2) is 0 Å². The van der Waals surface area contributed by atoms with Crippen molar-refractivity contribution in [2.75, 3.05) is 0 Å². The molecule has 0 aliphatic carbocycles. The monoisotopic (exact) mass is 260 g/mol. The average Bonchev–Trinajstić information content (AvgIpc) is 2.20. The Balaban J connectivity index is 2.83. The fraction of sp³-hybridized carbons (Fsp3) is 0.529. The van der Waals surface area contributed by atoms with E-state index in [1.807, 2.05) is 0 Å². The van der Waals surface area contributed by atoms with E-state index in [-0.39, 0.29) is 0 Å². The zero-order chi connectivity index (χ0) is 14.0. The highest BCUT2D eigenvalue weighted by Gasteiger charge is 2.32. The van der Waals surface area contributed by atoms with Gasteiger partial charge in [0, 0.05) is 0 Å². The summed E-state index contributed by atoms with van der Waals surface area (Å²) in [6, 6.07) is 6.57. The molecule has 0 saturated heterocycles. The number of hydrogen-bond donors (Lipinski definition) is 0. The molecule has 1 aromatic carbocycles. The molecule has 18 heavy (non-hydrogen) atoms. The van der Waals surface area contributed by atoms with Crippen LogP contribution in [0.5, 0.6) is 0 Å². The van der Waals surface area contributed by atoms with Crippen LogP contribution in [0.25, 0.3) is 0 Å². The molecule has 0 N–H and O–H groups in total. The lowest BCUT2D eigenvalue weighted by atomic mass is 10.0. The molecule has 0 atom stereocenters. The van der Waals surface area contributed by atoms with Gasteiger partial charge in [-0.25, -0.2) is 0 Å². The van der Waals surface area contributed by atoms with Gasteiger partial charge in [-0.05, 0) is 42.0 Å². The van der Waals surface area contributed by atoms with Crippen molar-refractivity contribution in [3.05, 3.63) is 46.7 Å². The van der Waals surface area contributed by atoms with E-state index in [9.17, 15) is 0 Å². The average molecular weight is 260 g/mol. The molecule has 0 amide bonds. The number of hydrogen-bond acceptors (Lipinski definition) is 0. The van der Waals surface area contributed by atoms with E-state index in [2.05, 4.69) is 77.7 Å². The summed E-state index contributed by atoms with van der Waals surface area (Å²) < 4.78 is 0. The van der Waals surface area contributed by atoms with E-state index in [0.29, 0.717) is 5.04 Å². The normalized spacial score (nSPS) is 13.3. The zero-order valence-electron chi connectivity index (χ0n) is 13.1. The third-order valence-corrected chi connectivity index (χ3v) is 9.37. The Morgan fingerprint density at radius 3 is 2.00 bits per heavy atom.